The lowest BCUT2D eigenvalue weighted by Crippen LogP contribution is -2.42. The Kier molecular flexibility index (Phi) is 6.11. The molecule has 0 radical (unpaired) electrons. The van der Waals surface area contributed by atoms with Crippen LogP contribution in [0.1, 0.15) is 23.2 Å². The number of methoxy groups -OCH3 is 1. The quantitative estimate of drug-likeness (QED) is 0.536. The summed E-state index contributed by atoms with van der Waals surface area (Å²) >= 11 is 2.47. The number of esters is 1. The third kappa shape index (κ3) is 4.22. The Balaban J connectivity index is 1.60. The minimum absolute atomic E-state index is 0.129. The molecule has 3 aromatic rings. The molecule has 0 spiro atoms. The minimum atomic E-state index is -3.59. The molecule has 31 heavy (non-hydrogen) atoms. The summed E-state index contributed by atoms with van der Waals surface area (Å²) in [5.41, 5.74) is 1.27. The topological polar surface area (TPSA) is 98.0 Å². The maximum absolute atomic E-state index is 12.9. The highest BCUT2D eigenvalue weighted by atomic mass is 32.2. The minimum Gasteiger partial charge on any atom is -0.465 e. The van der Waals surface area contributed by atoms with Gasteiger partial charge in [0.15, 0.2) is 4.80 Å². The molecule has 1 atom stereocenters. The van der Waals surface area contributed by atoms with Crippen molar-refractivity contribution in [3.63, 3.8) is 0 Å². The molecule has 8 nitrogen and oxygen atoms in total. The molecule has 0 aliphatic carbocycles. The Morgan fingerprint density at radius 3 is 2.77 bits per heavy atom. The van der Waals surface area contributed by atoms with Crippen molar-refractivity contribution in [3.05, 3.63) is 46.1 Å². The second-order valence-corrected chi connectivity index (χ2v) is 11.3. The van der Waals surface area contributed by atoms with Gasteiger partial charge in [0.2, 0.25) is 0 Å². The van der Waals surface area contributed by atoms with Crippen LogP contribution < -0.4 is 4.80 Å². The molecule has 0 N–H and O–H groups in total. The van der Waals surface area contributed by atoms with Gasteiger partial charge in [0.25, 0.3) is 15.9 Å². The van der Waals surface area contributed by atoms with E-state index < -0.39 is 21.9 Å². The zero-order valence-electron chi connectivity index (χ0n) is 17.0. The first-order chi connectivity index (χ1) is 14.8. The molecule has 164 valence electrons. The van der Waals surface area contributed by atoms with E-state index in [2.05, 4.69) is 4.99 Å². The average Bonchev–Trinajstić information content (AvgIpc) is 3.42. The second kappa shape index (κ2) is 8.65. The van der Waals surface area contributed by atoms with E-state index in [1.165, 1.54) is 34.1 Å². The number of nitrogens with zero attached hydrogens (tertiary/aromatic N) is 3. The smallest absolute Gasteiger partial charge is 0.337 e. The zero-order valence-corrected chi connectivity index (χ0v) is 19.4. The van der Waals surface area contributed by atoms with Gasteiger partial charge < -0.3 is 9.30 Å². The number of benzene rings is 1. The van der Waals surface area contributed by atoms with Crippen molar-refractivity contribution < 1.29 is 22.7 Å². The molecule has 1 aliphatic heterocycles. The number of carbonyl (C=O) groups is 2. The van der Waals surface area contributed by atoms with Gasteiger partial charge in [-0.05, 0) is 42.5 Å². The standard InChI is InChI=1S/C20H21N3O5S3/c1-22-15-8-7-13(19(25)28-2)11-16(15)30-20(22)21-18(24)14-5-3-9-23(12-14)31(26,27)17-6-4-10-29-17/h4,6-8,10-11,14H,3,5,9,12H2,1-2H3. The van der Waals surface area contributed by atoms with Gasteiger partial charge in [-0.25, -0.2) is 13.2 Å². The summed E-state index contributed by atoms with van der Waals surface area (Å²) in [6, 6.07) is 8.45. The fourth-order valence-electron chi connectivity index (χ4n) is 3.57. The Morgan fingerprint density at radius 1 is 1.26 bits per heavy atom. The van der Waals surface area contributed by atoms with Crippen molar-refractivity contribution in [2.75, 3.05) is 20.2 Å². The predicted molar refractivity (Wildman–Crippen MR) is 119 cm³/mol. The highest BCUT2D eigenvalue weighted by molar-refractivity contribution is 7.91. The number of aromatic nitrogens is 1. The number of piperidine rings is 1. The van der Waals surface area contributed by atoms with Gasteiger partial charge >= 0.3 is 5.97 Å². The normalized spacial score (nSPS) is 18.4. The van der Waals surface area contributed by atoms with Gasteiger partial charge in [0, 0.05) is 20.1 Å². The number of hydrogen-bond donors (Lipinski definition) is 0. The van der Waals surface area contributed by atoms with Gasteiger partial charge in [-0.1, -0.05) is 17.4 Å². The molecular weight excluding hydrogens is 458 g/mol. The zero-order chi connectivity index (χ0) is 22.2. The number of ether oxygens (including phenoxy) is 1. The van der Waals surface area contributed by atoms with Crippen LogP contribution in [-0.2, 0) is 26.6 Å². The first kappa shape index (κ1) is 21.9. The fraction of sp³-hybridized carbons (Fsp3) is 0.350. The van der Waals surface area contributed by atoms with E-state index in [1.807, 2.05) is 0 Å². The molecule has 0 bridgehead atoms. The number of carbonyl (C=O) groups excluding carboxylic acids is 2. The van der Waals surface area contributed by atoms with Gasteiger partial charge in [-0.15, -0.1) is 11.3 Å². The number of amides is 1. The van der Waals surface area contributed by atoms with Crippen LogP contribution >= 0.6 is 22.7 Å². The molecule has 1 aromatic carbocycles. The van der Waals surface area contributed by atoms with Crippen molar-refractivity contribution in [2.45, 2.75) is 17.1 Å². The summed E-state index contributed by atoms with van der Waals surface area (Å²) in [7, 11) is -0.462. The summed E-state index contributed by atoms with van der Waals surface area (Å²) in [4.78, 5) is 29.5. The molecule has 1 aliphatic rings. The van der Waals surface area contributed by atoms with E-state index >= 15 is 0 Å². The lowest BCUT2D eigenvalue weighted by molar-refractivity contribution is -0.122. The third-order valence-electron chi connectivity index (χ3n) is 5.26. The van der Waals surface area contributed by atoms with Crippen molar-refractivity contribution >= 4 is 54.8 Å². The lowest BCUT2D eigenvalue weighted by atomic mass is 9.99. The first-order valence-electron chi connectivity index (χ1n) is 9.61. The summed E-state index contributed by atoms with van der Waals surface area (Å²) in [6.07, 6.45) is 1.21. The molecule has 11 heteroatoms. The van der Waals surface area contributed by atoms with Crippen LogP contribution in [0.5, 0.6) is 0 Å². The van der Waals surface area contributed by atoms with E-state index in [1.54, 1.807) is 47.3 Å². The van der Waals surface area contributed by atoms with Gasteiger partial charge in [-0.3, -0.25) is 4.79 Å². The van der Waals surface area contributed by atoms with E-state index in [4.69, 9.17) is 4.74 Å². The third-order valence-corrected chi connectivity index (χ3v) is 9.59. The molecule has 2 aromatic heterocycles. The Labute approximate surface area is 187 Å². The number of thiazole rings is 1. The van der Waals surface area contributed by atoms with Crippen molar-refractivity contribution in [1.82, 2.24) is 8.87 Å². The van der Waals surface area contributed by atoms with Gasteiger partial charge in [0.1, 0.15) is 4.21 Å². The van der Waals surface area contributed by atoms with Crippen LogP contribution in [0.2, 0.25) is 0 Å². The number of rotatable bonds is 4. The van der Waals surface area contributed by atoms with E-state index in [0.717, 1.165) is 10.2 Å². The number of sulfonamides is 1. The van der Waals surface area contributed by atoms with Gasteiger partial charge in [0.05, 0.1) is 28.8 Å². The Hall–Kier alpha value is -2.34. The molecule has 1 unspecified atom stereocenters. The second-order valence-electron chi connectivity index (χ2n) is 7.20. The summed E-state index contributed by atoms with van der Waals surface area (Å²) in [6.45, 7) is 0.528. The number of fused-ring (bicyclic) bond motifs is 1. The molecular formula is C20H21N3O5S3. The Morgan fingerprint density at radius 2 is 2.06 bits per heavy atom. The molecule has 3 heterocycles. The monoisotopic (exact) mass is 479 g/mol. The summed E-state index contributed by atoms with van der Waals surface area (Å²) in [5.74, 6) is -1.25. The molecule has 4 rings (SSSR count). The van der Waals surface area contributed by atoms with Crippen LogP contribution in [0.4, 0.5) is 0 Å². The predicted octanol–water partition coefficient (Wildman–Crippen LogP) is 2.62. The van der Waals surface area contributed by atoms with Crippen LogP contribution in [0.15, 0.2) is 44.9 Å². The summed E-state index contributed by atoms with van der Waals surface area (Å²) < 4.78 is 34.7. The van der Waals surface area contributed by atoms with E-state index in [-0.39, 0.29) is 16.7 Å². The van der Waals surface area contributed by atoms with Crippen molar-refractivity contribution in [3.8, 4) is 0 Å². The van der Waals surface area contributed by atoms with Crippen molar-refractivity contribution in [1.29, 1.82) is 0 Å². The molecule has 1 amide bonds. The fourth-order valence-corrected chi connectivity index (χ4v) is 7.30. The van der Waals surface area contributed by atoms with Crippen LogP contribution in [0.25, 0.3) is 10.2 Å². The lowest BCUT2D eigenvalue weighted by Gasteiger charge is -2.29. The number of thiophene rings is 1. The van der Waals surface area contributed by atoms with Crippen LogP contribution in [0.3, 0.4) is 0 Å². The molecule has 1 saturated heterocycles. The van der Waals surface area contributed by atoms with Crippen molar-refractivity contribution in [2.24, 2.45) is 18.0 Å². The number of hydrogen-bond acceptors (Lipinski definition) is 7. The SMILES string of the molecule is COC(=O)c1ccc2c(c1)sc(=NC(=O)C1CCCN(S(=O)(=O)c3cccs3)C1)n2C. The molecule has 0 saturated carbocycles. The number of aryl methyl sites for hydroxylation is 1. The summed E-state index contributed by atoms with van der Waals surface area (Å²) in [5, 5.41) is 1.72. The highest BCUT2D eigenvalue weighted by Crippen LogP contribution is 2.27. The largest absolute Gasteiger partial charge is 0.465 e. The maximum atomic E-state index is 12.9. The van der Waals surface area contributed by atoms with Gasteiger partial charge in [-0.2, -0.15) is 9.30 Å². The maximum Gasteiger partial charge on any atom is 0.337 e. The first-order valence-corrected chi connectivity index (χ1v) is 12.7. The molecule has 1 fully saturated rings. The van der Waals surface area contributed by atoms with Crippen LogP contribution in [-0.4, -0.2) is 49.4 Å². The Bertz CT molecular complexity index is 1310. The highest BCUT2D eigenvalue weighted by Gasteiger charge is 2.33. The van der Waals surface area contributed by atoms with Crippen LogP contribution in [0, 0.1) is 5.92 Å². The average molecular weight is 480 g/mol. The van der Waals surface area contributed by atoms with E-state index in [9.17, 15) is 18.0 Å². The van der Waals surface area contributed by atoms with E-state index in [0.29, 0.717) is 29.8 Å².